The molecule has 1 aliphatic rings. The SMILES string of the molecule is Cc1c(CO)nnn1C1CC1C. The normalized spacial score (nSPS) is 27.6. The summed E-state index contributed by atoms with van der Waals surface area (Å²) in [5.74, 6) is 0.719. The van der Waals surface area contributed by atoms with Crippen LogP contribution in [0.4, 0.5) is 0 Å². The van der Waals surface area contributed by atoms with Gasteiger partial charge < -0.3 is 5.11 Å². The van der Waals surface area contributed by atoms with Gasteiger partial charge in [-0.05, 0) is 19.3 Å². The molecule has 4 nitrogen and oxygen atoms in total. The molecule has 0 radical (unpaired) electrons. The average molecular weight is 167 g/mol. The van der Waals surface area contributed by atoms with E-state index in [1.54, 1.807) is 0 Å². The van der Waals surface area contributed by atoms with Crippen molar-refractivity contribution in [2.75, 3.05) is 0 Å². The zero-order chi connectivity index (χ0) is 8.72. The van der Waals surface area contributed by atoms with Gasteiger partial charge in [0, 0.05) is 0 Å². The maximum Gasteiger partial charge on any atom is 0.111 e. The molecular formula is C8H13N3O. The van der Waals surface area contributed by atoms with Gasteiger partial charge in [-0.15, -0.1) is 5.10 Å². The zero-order valence-corrected chi connectivity index (χ0v) is 7.36. The second-order valence-corrected chi connectivity index (χ2v) is 3.50. The van der Waals surface area contributed by atoms with Gasteiger partial charge in [0.25, 0.3) is 0 Å². The van der Waals surface area contributed by atoms with Crippen LogP contribution in [0.25, 0.3) is 0 Å². The Balaban J connectivity index is 2.27. The Morgan fingerprint density at radius 2 is 2.33 bits per heavy atom. The molecule has 0 aromatic carbocycles. The Kier molecular flexibility index (Phi) is 1.65. The van der Waals surface area contributed by atoms with E-state index in [9.17, 15) is 0 Å². The number of hydrogen-bond acceptors (Lipinski definition) is 3. The number of nitrogens with zero attached hydrogens (tertiary/aromatic N) is 3. The van der Waals surface area contributed by atoms with E-state index in [1.165, 1.54) is 6.42 Å². The zero-order valence-electron chi connectivity index (χ0n) is 7.36. The van der Waals surface area contributed by atoms with Crippen molar-refractivity contribution in [3.05, 3.63) is 11.4 Å². The van der Waals surface area contributed by atoms with Gasteiger partial charge in [-0.1, -0.05) is 12.1 Å². The lowest BCUT2D eigenvalue weighted by molar-refractivity contribution is 0.276. The maximum atomic E-state index is 8.88. The van der Waals surface area contributed by atoms with E-state index in [2.05, 4.69) is 17.2 Å². The summed E-state index contributed by atoms with van der Waals surface area (Å²) in [7, 11) is 0. The Bertz CT molecular complexity index is 294. The molecule has 1 aromatic heterocycles. The predicted octanol–water partition coefficient (Wildman–Crippen LogP) is 0.660. The van der Waals surface area contributed by atoms with Crippen LogP contribution in [0.15, 0.2) is 0 Å². The number of aromatic nitrogens is 3. The Morgan fingerprint density at radius 3 is 2.75 bits per heavy atom. The summed E-state index contributed by atoms with van der Waals surface area (Å²) in [6.07, 6.45) is 1.19. The van der Waals surface area contributed by atoms with Gasteiger partial charge in [0.05, 0.1) is 18.3 Å². The Morgan fingerprint density at radius 1 is 1.67 bits per heavy atom. The van der Waals surface area contributed by atoms with E-state index in [0.717, 1.165) is 11.6 Å². The second kappa shape index (κ2) is 2.55. The van der Waals surface area contributed by atoms with Crippen molar-refractivity contribution in [1.29, 1.82) is 0 Å². The lowest BCUT2D eigenvalue weighted by Gasteiger charge is -1.99. The van der Waals surface area contributed by atoms with Crippen LogP contribution in [-0.2, 0) is 6.61 Å². The van der Waals surface area contributed by atoms with Crippen LogP contribution in [0.1, 0.15) is 30.8 Å². The molecule has 0 aliphatic heterocycles. The van der Waals surface area contributed by atoms with Crippen molar-refractivity contribution in [3.8, 4) is 0 Å². The number of aliphatic hydroxyl groups is 1. The van der Waals surface area contributed by atoms with E-state index in [1.807, 2.05) is 11.6 Å². The minimum Gasteiger partial charge on any atom is -0.390 e. The minimum absolute atomic E-state index is 0.00701. The van der Waals surface area contributed by atoms with Gasteiger partial charge in [-0.3, -0.25) is 0 Å². The molecule has 1 saturated carbocycles. The first kappa shape index (κ1) is 7.73. The molecule has 1 heterocycles. The van der Waals surface area contributed by atoms with E-state index < -0.39 is 0 Å². The van der Waals surface area contributed by atoms with Crippen molar-refractivity contribution < 1.29 is 5.11 Å². The summed E-state index contributed by atoms with van der Waals surface area (Å²) >= 11 is 0. The molecular weight excluding hydrogens is 154 g/mol. The standard InChI is InChI=1S/C8H13N3O/c1-5-3-8(5)11-6(2)7(4-12)9-10-11/h5,8,12H,3-4H2,1-2H3. The fraction of sp³-hybridized carbons (Fsp3) is 0.750. The van der Waals surface area contributed by atoms with Gasteiger partial charge in [-0.2, -0.15) is 0 Å². The second-order valence-electron chi connectivity index (χ2n) is 3.50. The summed E-state index contributed by atoms with van der Waals surface area (Å²) in [5.41, 5.74) is 1.71. The van der Waals surface area contributed by atoms with Gasteiger partial charge in [0.15, 0.2) is 0 Å². The number of hydrogen-bond donors (Lipinski definition) is 1. The molecule has 1 N–H and O–H groups in total. The van der Waals surface area contributed by atoms with Crippen LogP contribution in [-0.4, -0.2) is 20.1 Å². The van der Waals surface area contributed by atoms with E-state index in [0.29, 0.717) is 11.7 Å². The largest absolute Gasteiger partial charge is 0.390 e. The third-order valence-electron chi connectivity index (χ3n) is 2.55. The van der Waals surface area contributed by atoms with Gasteiger partial charge in [0.1, 0.15) is 5.69 Å². The molecule has 0 spiro atoms. The van der Waals surface area contributed by atoms with Crippen LogP contribution in [0.3, 0.4) is 0 Å². The van der Waals surface area contributed by atoms with E-state index in [4.69, 9.17) is 5.11 Å². The summed E-state index contributed by atoms with van der Waals surface area (Å²) in [4.78, 5) is 0. The molecule has 0 bridgehead atoms. The molecule has 12 heavy (non-hydrogen) atoms. The smallest absolute Gasteiger partial charge is 0.111 e. The van der Waals surface area contributed by atoms with Gasteiger partial charge in [0.2, 0.25) is 0 Å². The first-order chi connectivity index (χ1) is 5.74. The van der Waals surface area contributed by atoms with Crippen LogP contribution in [0.5, 0.6) is 0 Å². The molecule has 1 fully saturated rings. The van der Waals surface area contributed by atoms with Crippen molar-refractivity contribution in [2.45, 2.75) is 32.9 Å². The van der Waals surface area contributed by atoms with Crippen molar-refractivity contribution in [1.82, 2.24) is 15.0 Å². The topological polar surface area (TPSA) is 50.9 Å². The summed E-state index contributed by atoms with van der Waals surface area (Å²) in [6.45, 7) is 4.15. The van der Waals surface area contributed by atoms with Gasteiger partial charge in [-0.25, -0.2) is 4.68 Å². The first-order valence-corrected chi connectivity index (χ1v) is 4.25. The van der Waals surface area contributed by atoms with Crippen LogP contribution in [0.2, 0.25) is 0 Å². The molecule has 2 atom stereocenters. The molecule has 4 heteroatoms. The van der Waals surface area contributed by atoms with Crippen LogP contribution in [0, 0.1) is 12.8 Å². The van der Waals surface area contributed by atoms with Crippen LogP contribution >= 0.6 is 0 Å². The highest BCUT2D eigenvalue weighted by molar-refractivity contribution is 5.09. The molecule has 0 amide bonds. The highest BCUT2D eigenvalue weighted by Gasteiger charge is 2.36. The molecule has 1 aliphatic carbocycles. The third kappa shape index (κ3) is 1.03. The monoisotopic (exact) mass is 167 g/mol. The first-order valence-electron chi connectivity index (χ1n) is 4.25. The molecule has 66 valence electrons. The molecule has 0 saturated heterocycles. The highest BCUT2D eigenvalue weighted by atomic mass is 16.3. The van der Waals surface area contributed by atoms with Crippen LogP contribution < -0.4 is 0 Å². The van der Waals surface area contributed by atoms with Crippen molar-refractivity contribution in [3.63, 3.8) is 0 Å². The third-order valence-corrected chi connectivity index (χ3v) is 2.55. The average Bonchev–Trinajstić information content (AvgIpc) is 2.63. The number of rotatable bonds is 2. The van der Waals surface area contributed by atoms with Gasteiger partial charge >= 0.3 is 0 Å². The quantitative estimate of drug-likeness (QED) is 0.704. The lowest BCUT2D eigenvalue weighted by Crippen LogP contribution is -2.00. The summed E-state index contributed by atoms with van der Waals surface area (Å²) < 4.78 is 1.93. The van der Waals surface area contributed by atoms with Crippen molar-refractivity contribution in [2.24, 2.45) is 5.92 Å². The molecule has 1 aromatic rings. The fourth-order valence-electron chi connectivity index (χ4n) is 1.48. The van der Waals surface area contributed by atoms with E-state index in [-0.39, 0.29) is 6.61 Å². The fourth-order valence-corrected chi connectivity index (χ4v) is 1.48. The Labute approximate surface area is 71.2 Å². The Hall–Kier alpha value is -0.900. The van der Waals surface area contributed by atoms with E-state index >= 15 is 0 Å². The minimum atomic E-state index is -0.00701. The number of aliphatic hydroxyl groups excluding tert-OH is 1. The molecule has 2 unspecified atom stereocenters. The maximum absolute atomic E-state index is 8.88. The summed E-state index contributed by atoms with van der Waals surface area (Å²) in [6, 6.07) is 0.526. The lowest BCUT2D eigenvalue weighted by atomic mass is 10.3. The van der Waals surface area contributed by atoms with Crippen molar-refractivity contribution >= 4 is 0 Å². The predicted molar refractivity (Wildman–Crippen MR) is 43.5 cm³/mol. The highest BCUT2D eigenvalue weighted by Crippen LogP contribution is 2.42. The summed E-state index contributed by atoms with van der Waals surface area (Å²) in [5, 5.41) is 16.8. The molecule has 2 rings (SSSR count).